The Morgan fingerprint density at radius 3 is 1.59 bits per heavy atom. The van der Waals surface area contributed by atoms with Crippen molar-refractivity contribution in [3.63, 3.8) is 0 Å². The van der Waals surface area contributed by atoms with Crippen LogP contribution in [0.2, 0.25) is 0 Å². The van der Waals surface area contributed by atoms with Gasteiger partial charge in [-0.3, -0.25) is 0 Å². The van der Waals surface area contributed by atoms with Gasteiger partial charge in [0.25, 0.3) is 0 Å². The SMILES string of the molecule is NCCCN(CCNCCN)CCNCCN. The monoisotopic (exact) mass is 246 g/mol. The van der Waals surface area contributed by atoms with E-state index in [2.05, 4.69) is 15.5 Å². The standard InChI is InChI=1S/C11H30N6/c12-2-1-9-17(10-7-15-5-3-13)11-8-16-6-4-14/h15-16H,1-14H2. The third kappa shape index (κ3) is 12.0. The lowest BCUT2D eigenvalue weighted by Crippen LogP contribution is -2.39. The summed E-state index contributed by atoms with van der Waals surface area (Å²) in [6, 6.07) is 0. The topological polar surface area (TPSA) is 105 Å². The molecule has 0 atom stereocenters. The summed E-state index contributed by atoms with van der Waals surface area (Å²) in [6.45, 7) is 9.04. The van der Waals surface area contributed by atoms with E-state index in [1.807, 2.05) is 0 Å². The van der Waals surface area contributed by atoms with E-state index < -0.39 is 0 Å². The molecular weight excluding hydrogens is 216 g/mol. The van der Waals surface area contributed by atoms with Crippen LogP contribution in [0.25, 0.3) is 0 Å². The van der Waals surface area contributed by atoms with Gasteiger partial charge in [0.1, 0.15) is 0 Å². The molecule has 0 heterocycles. The summed E-state index contributed by atoms with van der Waals surface area (Å²) in [7, 11) is 0. The summed E-state index contributed by atoms with van der Waals surface area (Å²) < 4.78 is 0. The Morgan fingerprint density at radius 1 is 0.647 bits per heavy atom. The molecular formula is C11H30N6. The molecule has 0 bridgehead atoms. The minimum absolute atomic E-state index is 0.695. The zero-order valence-electron chi connectivity index (χ0n) is 11.0. The number of hydrogen-bond acceptors (Lipinski definition) is 6. The molecule has 0 aliphatic rings. The van der Waals surface area contributed by atoms with Crippen molar-refractivity contribution in [1.29, 1.82) is 0 Å². The molecule has 0 aromatic rings. The lowest BCUT2D eigenvalue weighted by molar-refractivity contribution is 0.271. The number of nitrogens with one attached hydrogen (secondary N) is 2. The first-order valence-corrected chi connectivity index (χ1v) is 6.59. The molecule has 8 N–H and O–H groups in total. The first-order chi connectivity index (χ1) is 8.35. The molecule has 0 unspecified atom stereocenters. The third-order valence-corrected chi connectivity index (χ3v) is 2.53. The van der Waals surface area contributed by atoms with Gasteiger partial charge in [-0.2, -0.15) is 0 Å². The van der Waals surface area contributed by atoms with Crippen molar-refractivity contribution in [3.05, 3.63) is 0 Å². The highest BCUT2D eigenvalue weighted by molar-refractivity contribution is 4.62. The Bertz CT molecular complexity index is 132. The largest absolute Gasteiger partial charge is 0.330 e. The highest BCUT2D eigenvalue weighted by Crippen LogP contribution is 1.89. The maximum absolute atomic E-state index is 5.54. The number of nitrogens with two attached hydrogens (primary N) is 3. The normalized spacial score (nSPS) is 11.3. The van der Waals surface area contributed by atoms with Gasteiger partial charge in [0.05, 0.1) is 0 Å². The second kappa shape index (κ2) is 13.8. The van der Waals surface area contributed by atoms with Crippen LogP contribution in [0.1, 0.15) is 6.42 Å². The van der Waals surface area contributed by atoms with Crippen LogP contribution in [0.15, 0.2) is 0 Å². The molecule has 0 saturated heterocycles. The predicted molar refractivity (Wildman–Crippen MR) is 74.0 cm³/mol. The summed E-state index contributed by atoms with van der Waals surface area (Å²) in [4.78, 5) is 2.42. The van der Waals surface area contributed by atoms with Gasteiger partial charge in [0.2, 0.25) is 0 Å². The summed E-state index contributed by atoms with van der Waals surface area (Å²) in [6.07, 6.45) is 1.05. The Kier molecular flexibility index (Phi) is 13.6. The van der Waals surface area contributed by atoms with Gasteiger partial charge < -0.3 is 32.7 Å². The van der Waals surface area contributed by atoms with Crippen LogP contribution in [0.5, 0.6) is 0 Å². The third-order valence-electron chi connectivity index (χ3n) is 2.53. The molecule has 0 spiro atoms. The van der Waals surface area contributed by atoms with Crippen molar-refractivity contribution in [2.24, 2.45) is 17.2 Å². The summed E-state index contributed by atoms with van der Waals surface area (Å²) in [5.41, 5.74) is 16.4. The molecule has 6 nitrogen and oxygen atoms in total. The molecule has 0 saturated carbocycles. The summed E-state index contributed by atoms with van der Waals surface area (Å²) in [5, 5.41) is 6.61. The van der Waals surface area contributed by atoms with Gasteiger partial charge in [-0.25, -0.2) is 0 Å². The van der Waals surface area contributed by atoms with Gasteiger partial charge in [-0.05, 0) is 19.5 Å². The predicted octanol–water partition coefficient (Wildman–Crippen LogP) is -2.27. The Hall–Kier alpha value is -0.240. The molecule has 0 aliphatic heterocycles. The molecule has 0 aliphatic carbocycles. The minimum atomic E-state index is 0.695. The minimum Gasteiger partial charge on any atom is -0.330 e. The van der Waals surface area contributed by atoms with E-state index in [9.17, 15) is 0 Å². The van der Waals surface area contributed by atoms with E-state index in [0.717, 1.165) is 58.8 Å². The van der Waals surface area contributed by atoms with Crippen molar-refractivity contribution >= 4 is 0 Å². The van der Waals surface area contributed by atoms with Crippen LogP contribution < -0.4 is 27.8 Å². The van der Waals surface area contributed by atoms with Crippen molar-refractivity contribution in [3.8, 4) is 0 Å². The number of nitrogens with zero attached hydrogens (tertiary/aromatic N) is 1. The maximum Gasteiger partial charge on any atom is 0.0107 e. The zero-order valence-corrected chi connectivity index (χ0v) is 11.0. The number of rotatable bonds is 13. The fourth-order valence-corrected chi connectivity index (χ4v) is 1.58. The lowest BCUT2D eigenvalue weighted by atomic mass is 10.3. The van der Waals surface area contributed by atoms with Gasteiger partial charge in [0, 0.05) is 52.4 Å². The van der Waals surface area contributed by atoms with Crippen LogP contribution in [-0.4, -0.2) is 70.3 Å². The Labute approximate surface area is 105 Å². The van der Waals surface area contributed by atoms with Crippen molar-refractivity contribution < 1.29 is 0 Å². The molecule has 0 rings (SSSR count). The van der Waals surface area contributed by atoms with Crippen LogP contribution in [-0.2, 0) is 0 Å². The molecule has 0 amide bonds. The van der Waals surface area contributed by atoms with E-state index in [1.165, 1.54) is 0 Å². The lowest BCUT2D eigenvalue weighted by Gasteiger charge is -2.22. The van der Waals surface area contributed by atoms with Crippen molar-refractivity contribution in [1.82, 2.24) is 15.5 Å². The molecule has 0 radical (unpaired) electrons. The van der Waals surface area contributed by atoms with Gasteiger partial charge in [-0.15, -0.1) is 0 Å². The fourth-order valence-electron chi connectivity index (χ4n) is 1.58. The highest BCUT2D eigenvalue weighted by atomic mass is 15.1. The average Bonchev–Trinajstić information content (AvgIpc) is 2.35. The fraction of sp³-hybridized carbons (Fsp3) is 1.00. The van der Waals surface area contributed by atoms with Gasteiger partial charge in [-0.1, -0.05) is 0 Å². The van der Waals surface area contributed by atoms with E-state index in [1.54, 1.807) is 0 Å². The Morgan fingerprint density at radius 2 is 1.18 bits per heavy atom. The summed E-state index contributed by atoms with van der Waals surface area (Å²) >= 11 is 0. The Balaban J connectivity index is 3.56. The van der Waals surface area contributed by atoms with Crippen LogP contribution in [0.3, 0.4) is 0 Å². The van der Waals surface area contributed by atoms with Crippen LogP contribution >= 0.6 is 0 Å². The second-order valence-electron chi connectivity index (χ2n) is 4.06. The molecule has 17 heavy (non-hydrogen) atoms. The quantitative estimate of drug-likeness (QED) is 0.235. The van der Waals surface area contributed by atoms with E-state index in [0.29, 0.717) is 13.1 Å². The zero-order chi connectivity index (χ0) is 12.8. The molecule has 0 fully saturated rings. The average molecular weight is 246 g/mol. The summed E-state index contributed by atoms with van der Waals surface area (Å²) in [5.74, 6) is 0. The number of hydrogen-bond donors (Lipinski definition) is 5. The van der Waals surface area contributed by atoms with Gasteiger partial charge >= 0.3 is 0 Å². The van der Waals surface area contributed by atoms with Crippen LogP contribution in [0.4, 0.5) is 0 Å². The first kappa shape index (κ1) is 16.8. The molecule has 6 heteroatoms. The molecule has 0 aromatic carbocycles. The van der Waals surface area contributed by atoms with Crippen LogP contribution in [0, 0.1) is 0 Å². The van der Waals surface area contributed by atoms with Crippen molar-refractivity contribution in [2.45, 2.75) is 6.42 Å². The molecule has 104 valence electrons. The maximum atomic E-state index is 5.54. The first-order valence-electron chi connectivity index (χ1n) is 6.59. The van der Waals surface area contributed by atoms with E-state index >= 15 is 0 Å². The van der Waals surface area contributed by atoms with E-state index in [4.69, 9.17) is 17.2 Å². The van der Waals surface area contributed by atoms with E-state index in [-0.39, 0.29) is 0 Å². The van der Waals surface area contributed by atoms with Crippen molar-refractivity contribution in [2.75, 3.05) is 65.4 Å². The smallest absolute Gasteiger partial charge is 0.0107 e. The molecule has 0 aromatic heterocycles. The second-order valence-corrected chi connectivity index (χ2v) is 4.06. The highest BCUT2D eigenvalue weighted by Gasteiger charge is 2.03. The van der Waals surface area contributed by atoms with Gasteiger partial charge in [0.15, 0.2) is 0 Å².